The van der Waals surface area contributed by atoms with Crippen LogP contribution >= 0.6 is 11.6 Å². The maximum Gasteiger partial charge on any atom is 0.237 e. The first-order chi connectivity index (χ1) is 11.1. The van der Waals surface area contributed by atoms with E-state index in [0.717, 1.165) is 11.3 Å². The lowest BCUT2D eigenvalue weighted by atomic mass is 10.1. The standard InChI is InChI=1S/C17H14ClN5/c1-12(13-5-3-2-4-6-13)21-16-8-7-14(18)9-17(16)23-22-15(10-19)11-20/h2-9,12,21,23H,1H3. The molecule has 0 saturated heterocycles. The van der Waals surface area contributed by atoms with Crippen LogP contribution in [0.1, 0.15) is 18.5 Å². The van der Waals surface area contributed by atoms with Crippen LogP contribution in [0.3, 0.4) is 0 Å². The van der Waals surface area contributed by atoms with Crippen molar-refractivity contribution in [1.29, 1.82) is 10.5 Å². The Kier molecular flexibility index (Phi) is 5.57. The van der Waals surface area contributed by atoms with Crippen molar-refractivity contribution in [2.24, 2.45) is 5.10 Å². The molecular weight excluding hydrogens is 310 g/mol. The van der Waals surface area contributed by atoms with E-state index in [0.29, 0.717) is 10.7 Å². The number of nitriles is 2. The van der Waals surface area contributed by atoms with Gasteiger partial charge < -0.3 is 5.32 Å². The van der Waals surface area contributed by atoms with Crippen molar-refractivity contribution in [2.45, 2.75) is 13.0 Å². The molecule has 2 rings (SSSR count). The number of hydrogen-bond donors (Lipinski definition) is 2. The van der Waals surface area contributed by atoms with Crippen LogP contribution in [0.15, 0.2) is 53.6 Å². The Morgan fingerprint density at radius 2 is 1.78 bits per heavy atom. The Balaban J connectivity index is 2.24. The first-order valence-electron chi connectivity index (χ1n) is 6.89. The molecule has 2 aromatic carbocycles. The van der Waals surface area contributed by atoms with E-state index in [1.807, 2.05) is 43.3 Å². The molecular formula is C17H14ClN5. The zero-order valence-corrected chi connectivity index (χ0v) is 13.2. The van der Waals surface area contributed by atoms with Crippen LogP contribution in [0.2, 0.25) is 5.02 Å². The SMILES string of the molecule is CC(Nc1ccc(Cl)cc1NN=C(C#N)C#N)c1ccccc1. The van der Waals surface area contributed by atoms with Crippen molar-refractivity contribution in [1.82, 2.24) is 0 Å². The lowest BCUT2D eigenvalue weighted by Crippen LogP contribution is -2.08. The Morgan fingerprint density at radius 3 is 2.43 bits per heavy atom. The molecule has 0 fully saturated rings. The topological polar surface area (TPSA) is 84.0 Å². The van der Waals surface area contributed by atoms with E-state index in [2.05, 4.69) is 15.8 Å². The number of benzene rings is 2. The monoisotopic (exact) mass is 323 g/mol. The smallest absolute Gasteiger partial charge is 0.237 e. The second kappa shape index (κ2) is 7.84. The maximum atomic E-state index is 8.74. The lowest BCUT2D eigenvalue weighted by molar-refractivity contribution is 0.885. The molecule has 2 aromatic rings. The average molecular weight is 324 g/mol. The number of anilines is 2. The highest BCUT2D eigenvalue weighted by Crippen LogP contribution is 2.29. The minimum Gasteiger partial charge on any atom is -0.377 e. The van der Waals surface area contributed by atoms with Crippen molar-refractivity contribution < 1.29 is 0 Å². The van der Waals surface area contributed by atoms with E-state index in [4.69, 9.17) is 22.1 Å². The summed E-state index contributed by atoms with van der Waals surface area (Å²) in [4.78, 5) is 0. The van der Waals surface area contributed by atoms with Gasteiger partial charge in [0, 0.05) is 11.1 Å². The minimum absolute atomic E-state index is 0.0632. The number of nitrogens with zero attached hydrogens (tertiary/aromatic N) is 3. The second-order valence-corrected chi connectivity index (χ2v) is 5.20. The van der Waals surface area contributed by atoms with E-state index < -0.39 is 0 Å². The molecule has 0 aromatic heterocycles. The Hall–Kier alpha value is -3.02. The quantitative estimate of drug-likeness (QED) is 0.633. The predicted octanol–water partition coefficient (Wildman–Crippen LogP) is 4.33. The molecule has 1 unspecified atom stereocenters. The fraction of sp³-hybridized carbons (Fsp3) is 0.118. The van der Waals surface area contributed by atoms with E-state index in [1.54, 1.807) is 24.3 Å². The zero-order chi connectivity index (χ0) is 16.7. The van der Waals surface area contributed by atoms with Gasteiger partial charge in [0.1, 0.15) is 12.1 Å². The third kappa shape index (κ3) is 4.47. The summed E-state index contributed by atoms with van der Waals surface area (Å²) in [5.41, 5.74) is 4.94. The first kappa shape index (κ1) is 16.4. The van der Waals surface area contributed by atoms with E-state index in [-0.39, 0.29) is 11.8 Å². The van der Waals surface area contributed by atoms with Crippen molar-refractivity contribution >= 4 is 28.7 Å². The van der Waals surface area contributed by atoms with Gasteiger partial charge in [-0.2, -0.15) is 15.6 Å². The summed E-state index contributed by atoms with van der Waals surface area (Å²) >= 11 is 6.01. The summed E-state index contributed by atoms with van der Waals surface area (Å²) < 4.78 is 0. The van der Waals surface area contributed by atoms with E-state index in [9.17, 15) is 0 Å². The number of hydrazone groups is 1. The van der Waals surface area contributed by atoms with Crippen LogP contribution in [-0.4, -0.2) is 5.71 Å². The fourth-order valence-corrected chi connectivity index (χ4v) is 2.16. The summed E-state index contributed by atoms with van der Waals surface area (Å²) in [6, 6.07) is 18.7. The highest BCUT2D eigenvalue weighted by molar-refractivity contribution is 6.31. The van der Waals surface area contributed by atoms with E-state index in [1.165, 1.54) is 0 Å². The number of halogens is 1. The van der Waals surface area contributed by atoms with Crippen LogP contribution in [0.25, 0.3) is 0 Å². The van der Waals surface area contributed by atoms with Gasteiger partial charge in [-0.1, -0.05) is 41.9 Å². The van der Waals surface area contributed by atoms with Gasteiger partial charge in [0.2, 0.25) is 5.71 Å². The molecule has 0 saturated carbocycles. The van der Waals surface area contributed by atoms with Gasteiger partial charge in [-0.25, -0.2) is 0 Å². The van der Waals surface area contributed by atoms with Crippen molar-refractivity contribution in [3.8, 4) is 12.1 Å². The Labute approximate surface area is 139 Å². The summed E-state index contributed by atoms with van der Waals surface area (Å²) in [5, 5.41) is 25.1. The average Bonchev–Trinajstić information content (AvgIpc) is 2.58. The van der Waals surface area contributed by atoms with Crippen molar-refractivity contribution in [3.63, 3.8) is 0 Å². The summed E-state index contributed by atoms with van der Waals surface area (Å²) in [7, 11) is 0. The molecule has 2 N–H and O–H groups in total. The third-order valence-corrected chi connectivity index (χ3v) is 3.39. The molecule has 0 radical (unpaired) electrons. The molecule has 0 spiro atoms. The Morgan fingerprint density at radius 1 is 1.09 bits per heavy atom. The van der Waals surface area contributed by atoms with Gasteiger partial charge >= 0.3 is 0 Å². The molecule has 0 bridgehead atoms. The van der Waals surface area contributed by atoms with Crippen LogP contribution in [0.4, 0.5) is 11.4 Å². The normalized spacial score (nSPS) is 10.8. The minimum atomic E-state index is -0.257. The van der Waals surface area contributed by atoms with Crippen LogP contribution in [0.5, 0.6) is 0 Å². The molecule has 0 amide bonds. The zero-order valence-electron chi connectivity index (χ0n) is 12.4. The molecule has 0 heterocycles. The molecule has 0 aliphatic heterocycles. The highest BCUT2D eigenvalue weighted by atomic mass is 35.5. The summed E-state index contributed by atoms with van der Waals surface area (Å²) in [6.45, 7) is 2.03. The second-order valence-electron chi connectivity index (χ2n) is 4.76. The van der Waals surface area contributed by atoms with Crippen LogP contribution in [-0.2, 0) is 0 Å². The predicted molar refractivity (Wildman–Crippen MR) is 92.2 cm³/mol. The molecule has 0 aliphatic carbocycles. The molecule has 0 aliphatic rings. The Bertz CT molecular complexity index is 771. The molecule has 1 atom stereocenters. The molecule has 6 heteroatoms. The number of nitrogens with one attached hydrogen (secondary N) is 2. The van der Waals surface area contributed by atoms with Crippen molar-refractivity contribution in [2.75, 3.05) is 10.7 Å². The van der Waals surface area contributed by atoms with Gasteiger partial charge in [-0.15, -0.1) is 0 Å². The van der Waals surface area contributed by atoms with Crippen LogP contribution in [0, 0.1) is 22.7 Å². The van der Waals surface area contributed by atoms with Crippen molar-refractivity contribution in [3.05, 3.63) is 59.1 Å². The largest absolute Gasteiger partial charge is 0.377 e. The molecule has 114 valence electrons. The van der Waals surface area contributed by atoms with Gasteiger partial charge in [0.15, 0.2) is 0 Å². The van der Waals surface area contributed by atoms with Crippen LogP contribution < -0.4 is 10.7 Å². The molecule has 23 heavy (non-hydrogen) atoms. The number of rotatable bonds is 5. The summed E-state index contributed by atoms with van der Waals surface area (Å²) in [5.74, 6) is 0. The maximum absolute atomic E-state index is 8.74. The van der Waals surface area contributed by atoms with Gasteiger partial charge in [-0.05, 0) is 30.7 Å². The first-order valence-corrected chi connectivity index (χ1v) is 7.26. The molecule has 5 nitrogen and oxygen atoms in total. The van der Waals surface area contributed by atoms with Gasteiger partial charge in [0.25, 0.3) is 0 Å². The fourth-order valence-electron chi connectivity index (χ4n) is 1.98. The number of hydrogen-bond acceptors (Lipinski definition) is 5. The summed E-state index contributed by atoms with van der Waals surface area (Å²) in [6.07, 6.45) is 0. The van der Waals surface area contributed by atoms with E-state index >= 15 is 0 Å². The highest BCUT2D eigenvalue weighted by Gasteiger charge is 2.09. The third-order valence-electron chi connectivity index (χ3n) is 3.15. The van der Waals surface area contributed by atoms with Gasteiger partial charge in [0.05, 0.1) is 11.4 Å². The lowest BCUT2D eigenvalue weighted by Gasteiger charge is -2.18. The van der Waals surface area contributed by atoms with Gasteiger partial charge in [-0.3, -0.25) is 5.43 Å².